The minimum absolute atomic E-state index is 0.801. The molecule has 0 unspecified atom stereocenters. The van der Waals surface area contributed by atoms with Crippen LogP contribution in [0.4, 0.5) is 5.69 Å². The predicted octanol–water partition coefficient (Wildman–Crippen LogP) is 3.87. The van der Waals surface area contributed by atoms with Gasteiger partial charge in [0.1, 0.15) is 0 Å². The number of nitrogens with one attached hydrogen (secondary N) is 1. The quantitative estimate of drug-likeness (QED) is 0.763. The lowest BCUT2D eigenvalue weighted by Gasteiger charge is -2.27. The Morgan fingerprint density at radius 3 is 2.68 bits per heavy atom. The monoisotopic (exact) mass is 260 g/mol. The number of anilines is 1. The van der Waals surface area contributed by atoms with Crippen molar-refractivity contribution < 1.29 is 0 Å². The summed E-state index contributed by atoms with van der Waals surface area (Å²) >= 11 is 0. The lowest BCUT2D eigenvalue weighted by molar-refractivity contribution is 0.692. The lowest BCUT2D eigenvalue weighted by atomic mass is 10.1. The van der Waals surface area contributed by atoms with E-state index in [0.29, 0.717) is 0 Å². The van der Waals surface area contributed by atoms with Gasteiger partial charge in [0.05, 0.1) is 0 Å². The third kappa shape index (κ3) is 3.97. The summed E-state index contributed by atoms with van der Waals surface area (Å²) in [6, 6.07) is 7.73. The number of hydrogen-bond donors (Lipinski definition) is 1. The van der Waals surface area contributed by atoms with E-state index in [0.717, 1.165) is 19.1 Å². The highest BCUT2D eigenvalue weighted by Crippen LogP contribution is 2.34. The van der Waals surface area contributed by atoms with Crippen molar-refractivity contribution in [1.82, 2.24) is 5.32 Å². The van der Waals surface area contributed by atoms with Gasteiger partial charge in [-0.3, -0.25) is 0 Å². The Morgan fingerprint density at radius 1 is 1.26 bits per heavy atom. The summed E-state index contributed by atoms with van der Waals surface area (Å²) in [5, 5.41) is 3.48. The van der Waals surface area contributed by atoms with Crippen molar-refractivity contribution >= 4 is 5.69 Å². The Kier molecular flexibility index (Phi) is 5.26. The van der Waals surface area contributed by atoms with Crippen molar-refractivity contribution in [2.24, 2.45) is 0 Å². The van der Waals surface area contributed by atoms with Gasteiger partial charge in [-0.25, -0.2) is 0 Å². The first-order chi connectivity index (χ1) is 9.26. The van der Waals surface area contributed by atoms with Gasteiger partial charge in [0.15, 0.2) is 0 Å². The molecule has 0 aromatic heterocycles. The zero-order valence-corrected chi connectivity index (χ0v) is 12.7. The molecule has 1 fully saturated rings. The maximum Gasteiger partial charge on any atom is 0.0414 e. The van der Waals surface area contributed by atoms with Crippen LogP contribution in [-0.2, 0) is 6.54 Å². The lowest BCUT2D eigenvalue weighted by Crippen LogP contribution is -2.28. The summed E-state index contributed by atoms with van der Waals surface area (Å²) in [6.07, 6.45) is 5.32. The van der Waals surface area contributed by atoms with Gasteiger partial charge < -0.3 is 10.2 Å². The van der Waals surface area contributed by atoms with Crippen molar-refractivity contribution in [3.8, 4) is 0 Å². The smallest absolute Gasteiger partial charge is 0.0414 e. The minimum Gasteiger partial charge on any atom is -0.368 e. The van der Waals surface area contributed by atoms with Crippen LogP contribution in [0.1, 0.15) is 50.7 Å². The fourth-order valence-electron chi connectivity index (χ4n) is 2.61. The summed E-state index contributed by atoms with van der Waals surface area (Å²) < 4.78 is 0. The molecule has 1 aromatic carbocycles. The molecule has 0 atom stereocenters. The maximum absolute atomic E-state index is 3.48. The zero-order chi connectivity index (χ0) is 13.7. The van der Waals surface area contributed by atoms with Crippen LogP contribution in [-0.4, -0.2) is 19.1 Å². The van der Waals surface area contributed by atoms with Crippen molar-refractivity contribution in [1.29, 1.82) is 0 Å². The number of nitrogens with zero attached hydrogens (tertiary/aromatic N) is 1. The molecule has 1 aliphatic carbocycles. The van der Waals surface area contributed by atoms with Gasteiger partial charge in [-0.15, -0.1) is 0 Å². The van der Waals surface area contributed by atoms with Crippen molar-refractivity contribution in [3.05, 3.63) is 29.3 Å². The summed E-state index contributed by atoms with van der Waals surface area (Å²) in [5.74, 6) is 0. The third-order valence-electron chi connectivity index (χ3n) is 3.85. The number of benzene rings is 1. The van der Waals surface area contributed by atoms with Gasteiger partial charge >= 0.3 is 0 Å². The van der Waals surface area contributed by atoms with Gasteiger partial charge in [0.2, 0.25) is 0 Å². The van der Waals surface area contributed by atoms with E-state index in [4.69, 9.17) is 0 Å². The molecule has 0 bridgehead atoms. The highest BCUT2D eigenvalue weighted by Gasteiger charge is 2.29. The molecule has 2 rings (SSSR count). The molecular weight excluding hydrogens is 232 g/mol. The molecule has 1 N–H and O–H groups in total. The Hall–Kier alpha value is -1.02. The first kappa shape index (κ1) is 14.4. The van der Waals surface area contributed by atoms with Gasteiger partial charge in [-0.05, 0) is 44.4 Å². The second-order valence-electron chi connectivity index (χ2n) is 5.69. The van der Waals surface area contributed by atoms with E-state index in [2.05, 4.69) is 49.2 Å². The van der Waals surface area contributed by atoms with Crippen LogP contribution in [0.5, 0.6) is 0 Å². The van der Waals surface area contributed by atoms with E-state index in [9.17, 15) is 0 Å². The second-order valence-corrected chi connectivity index (χ2v) is 5.69. The van der Waals surface area contributed by atoms with Crippen LogP contribution in [0.2, 0.25) is 0 Å². The number of rotatable bonds is 8. The zero-order valence-electron chi connectivity index (χ0n) is 12.7. The minimum atomic E-state index is 0.801. The molecule has 19 heavy (non-hydrogen) atoms. The maximum atomic E-state index is 3.48. The van der Waals surface area contributed by atoms with Crippen LogP contribution in [0.3, 0.4) is 0 Å². The standard InChI is InChI=1S/C17H28N2/c1-4-6-11-19(16-8-9-16)17-10-7-14(3)12-15(17)13-18-5-2/h7,10,12,16,18H,4-6,8-9,11,13H2,1-3H3. The summed E-state index contributed by atoms with van der Waals surface area (Å²) in [7, 11) is 0. The Morgan fingerprint density at radius 2 is 2.05 bits per heavy atom. The highest BCUT2D eigenvalue weighted by atomic mass is 15.2. The molecule has 0 spiro atoms. The highest BCUT2D eigenvalue weighted by molar-refractivity contribution is 5.56. The van der Waals surface area contributed by atoms with Gasteiger partial charge in [0.25, 0.3) is 0 Å². The largest absolute Gasteiger partial charge is 0.368 e. The molecule has 2 heteroatoms. The molecule has 0 heterocycles. The van der Waals surface area contributed by atoms with E-state index in [-0.39, 0.29) is 0 Å². The molecule has 106 valence electrons. The predicted molar refractivity (Wildman–Crippen MR) is 83.8 cm³/mol. The van der Waals surface area contributed by atoms with E-state index < -0.39 is 0 Å². The average molecular weight is 260 g/mol. The number of unbranched alkanes of at least 4 members (excludes halogenated alkanes) is 1. The Balaban J connectivity index is 2.18. The average Bonchev–Trinajstić information content (AvgIpc) is 3.23. The first-order valence-corrected chi connectivity index (χ1v) is 7.83. The molecule has 0 aliphatic heterocycles. The molecular formula is C17H28N2. The van der Waals surface area contributed by atoms with Crippen LogP contribution < -0.4 is 10.2 Å². The molecule has 0 saturated heterocycles. The van der Waals surface area contributed by atoms with E-state index in [1.165, 1.54) is 49.0 Å². The second kappa shape index (κ2) is 6.95. The Bertz CT molecular complexity index is 396. The Labute approximate surface area is 118 Å². The van der Waals surface area contributed by atoms with Crippen LogP contribution in [0, 0.1) is 6.92 Å². The topological polar surface area (TPSA) is 15.3 Å². The fourth-order valence-corrected chi connectivity index (χ4v) is 2.61. The normalized spacial score (nSPS) is 14.7. The van der Waals surface area contributed by atoms with Gasteiger partial charge in [-0.2, -0.15) is 0 Å². The van der Waals surface area contributed by atoms with Crippen LogP contribution in [0.25, 0.3) is 0 Å². The van der Waals surface area contributed by atoms with E-state index in [1.54, 1.807) is 0 Å². The van der Waals surface area contributed by atoms with E-state index in [1.807, 2.05) is 0 Å². The molecule has 0 amide bonds. The first-order valence-electron chi connectivity index (χ1n) is 7.83. The summed E-state index contributed by atoms with van der Waals surface area (Å²) in [4.78, 5) is 2.65. The summed E-state index contributed by atoms with van der Waals surface area (Å²) in [5.41, 5.74) is 4.29. The van der Waals surface area contributed by atoms with Crippen molar-refractivity contribution in [2.75, 3.05) is 18.0 Å². The molecule has 2 nitrogen and oxygen atoms in total. The van der Waals surface area contributed by atoms with Gasteiger partial charge in [0, 0.05) is 24.8 Å². The molecule has 1 aliphatic rings. The molecule has 1 saturated carbocycles. The van der Waals surface area contributed by atoms with Crippen molar-refractivity contribution in [2.45, 2.75) is 59.0 Å². The molecule has 1 aromatic rings. The van der Waals surface area contributed by atoms with Crippen molar-refractivity contribution in [3.63, 3.8) is 0 Å². The molecule has 0 radical (unpaired) electrons. The summed E-state index contributed by atoms with van der Waals surface area (Å²) in [6.45, 7) is 9.87. The van der Waals surface area contributed by atoms with Crippen LogP contribution >= 0.6 is 0 Å². The number of aryl methyl sites for hydroxylation is 1. The fraction of sp³-hybridized carbons (Fsp3) is 0.647. The number of hydrogen-bond acceptors (Lipinski definition) is 2. The third-order valence-corrected chi connectivity index (χ3v) is 3.85. The van der Waals surface area contributed by atoms with E-state index >= 15 is 0 Å². The SMILES string of the molecule is CCCCN(c1ccc(C)cc1CNCC)C1CC1. The van der Waals surface area contributed by atoms with Crippen LogP contribution in [0.15, 0.2) is 18.2 Å². The van der Waals surface area contributed by atoms with Gasteiger partial charge in [-0.1, -0.05) is 38.0 Å².